The second kappa shape index (κ2) is 15.3. The summed E-state index contributed by atoms with van der Waals surface area (Å²) in [4.78, 5) is 28.2. The molecule has 2 saturated heterocycles. The molecule has 4 aliphatic rings. The van der Waals surface area contributed by atoms with Crippen LogP contribution in [0.3, 0.4) is 0 Å². The Morgan fingerprint density at radius 3 is 2.42 bits per heavy atom. The molecule has 5 heterocycles. The molecule has 11 nitrogen and oxygen atoms in total. The average molecular weight is 670 g/mol. The van der Waals surface area contributed by atoms with Gasteiger partial charge >= 0.3 is 12.2 Å². The Hall–Kier alpha value is -4.33. The molecule has 1 aromatic heterocycles. The molecule has 0 saturated carbocycles. The minimum Gasteiger partial charge on any atom is -0.494 e. The Labute approximate surface area is 278 Å². The summed E-state index contributed by atoms with van der Waals surface area (Å²) < 4.78 is 55.9. The number of carbonyl (C=O) groups excluding carboxylic acids is 1. The zero-order valence-electron chi connectivity index (χ0n) is 26.9. The lowest BCUT2D eigenvalue weighted by atomic mass is 9.86. The fourth-order valence-corrected chi connectivity index (χ4v) is 6.32. The molecule has 14 heteroatoms. The number of hydrogen-bond acceptors (Lipinski definition) is 10. The minimum atomic E-state index is -4.57. The van der Waals surface area contributed by atoms with E-state index in [9.17, 15) is 18.0 Å². The standard InChI is InChI=1S/C34H42F3N7O4/c35-34(36,37)23-48-32-42-30-39-20-24-7-10-26(11-8-24)46-17-5-3-1-2-4-6-18-47-28-19-25(40-31(41-30)43-32)9-12-27(28)29(45)44-16-14-33(22-44)13-15-38-21-33/h7-12,19,38H,1-6,13-18,20-23H2,(H2,39,40,41,42,43). The van der Waals surface area contributed by atoms with E-state index in [4.69, 9.17) is 14.2 Å². The number of amides is 1. The van der Waals surface area contributed by atoms with Crippen LogP contribution < -0.4 is 30.2 Å². The fraction of sp³-hybridized carbons (Fsp3) is 0.529. The second-order valence-corrected chi connectivity index (χ2v) is 12.7. The van der Waals surface area contributed by atoms with Crippen LogP contribution in [0.15, 0.2) is 42.5 Å². The first-order valence-electron chi connectivity index (χ1n) is 16.7. The number of nitrogens with one attached hydrogen (secondary N) is 3. The highest BCUT2D eigenvalue weighted by molar-refractivity contribution is 5.97. The summed E-state index contributed by atoms with van der Waals surface area (Å²) in [7, 11) is 0. The Kier molecular flexibility index (Phi) is 10.7. The molecule has 0 aliphatic carbocycles. The Bertz CT molecular complexity index is 1530. The number of fused-ring (bicyclic) bond motifs is 12. The number of alkyl halides is 3. The molecule has 1 spiro atoms. The number of halogens is 3. The normalized spacial score (nSPS) is 20.8. The number of nitrogens with zero attached hydrogens (tertiary/aromatic N) is 4. The van der Waals surface area contributed by atoms with Gasteiger partial charge in [-0.3, -0.25) is 4.79 Å². The lowest BCUT2D eigenvalue weighted by Gasteiger charge is -2.23. The first-order valence-corrected chi connectivity index (χ1v) is 16.7. The molecule has 1 amide bonds. The van der Waals surface area contributed by atoms with Crippen molar-refractivity contribution in [3.8, 4) is 17.5 Å². The van der Waals surface area contributed by atoms with Gasteiger partial charge in [0.15, 0.2) is 6.61 Å². The number of hydrogen-bond donors (Lipinski definition) is 3. The SMILES string of the molecule is O=C(c1ccc2cc1OCCCCCCCCOc1ccc(cc1)CNc1nc(nc(OCC(F)(F)F)n1)N2)N1CCC2(CCNC2)C1. The molecule has 2 aromatic carbocycles. The highest BCUT2D eigenvalue weighted by Crippen LogP contribution is 2.38. The van der Waals surface area contributed by atoms with Gasteiger partial charge in [-0.05, 0) is 62.1 Å². The van der Waals surface area contributed by atoms with E-state index in [1.165, 1.54) is 0 Å². The first kappa shape index (κ1) is 33.6. The number of ether oxygens (including phenoxy) is 3. The second-order valence-electron chi connectivity index (χ2n) is 12.7. The number of aromatic nitrogens is 3. The smallest absolute Gasteiger partial charge is 0.422 e. The summed E-state index contributed by atoms with van der Waals surface area (Å²) in [6.45, 7) is 3.08. The van der Waals surface area contributed by atoms with Crippen molar-refractivity contribution in [3.05, 3.63) is 53.6 Å². The van der Waals surface area contributed by atoms with Crippen molar-refractivity contribution in [1.29, 1.82) is 0 Å². The Balaban J connectivity index is 1.25. The van der Waals surface area contributed by atoms with Crippen molar-refractivity contribution in [2.24, 2.45) is 5.41 Å². The molecule has 3 aromatic rings. The number of benzene rings is 2. The van der Waals surface area contributed by atoms with E-state index in [0.29, 0.717) is 49.8 Å². The van der Waals surface area contributed by atoms with Gasteiger partial charge in [0.05, 0.1) is 18.8 Å². The van der Waals surface area contributed by atoms with E-state index in [2.05, 4.69) is 30.9 Å². The molecule has 1 atom stereocenters. The summed E-state index contributed by atoms with van der Waals surface area (Å²) in [5.74, 6) is 1.10. The molecule has 1 unspecified atom stereocenters. The molecular weight excluding hydrogens is 627 g/mol. The number of anilines is 3. The monoisotopic (exact) mass is 669 g/mol. The van der Waals surface area contributed by atoms with E-state index >= 15 is 0 Å². The van der Waals surface area contributed by atoms with Crippen LogP contribution in [-0.2, 0) is 6.54 Å². The molecule has 7 rings (SSSR count). The van der Waals surface area contributed by atoms with Crippen LogP contribution in [-0.4, -0.2) is 77.9 Å². The summed E-state index contributed by atoms with van der Waals surface area (Å²) in [5, 5.41) is 9.52. The van der Waals surface area contributed by atoms with Crippen molar-refractivity contribution in [2.75, 3.05) is 56.6 Å². The lowest BCUT2D eigenvalue weighted by molar-refractivity contribution is -0.154. The van der Waals surface area contributed by atoms with Crippen LogP contribution in [0.2, 0.25) is 0 Å². The van der Waals surface area contributed by atoms with E-state index in [1.807, 2.05) is 29.2 Å². The predicted octanol–water partition coefficient (Wildman–Crippen LogP) is 6.11. The quantitative estimate of drug-likeness (QED) is 0.301. The topological polar surface area (TPSA) is 123 Å². The van der Waals surface area contributed by atoms with Crippen LogP contribution >= 0.6 is 0 Å². The summed E-state index contributed by atoms with van der Waals surface area (Å²) in [6.07, 6.45) is 3.47. The molecule has 2 fully saturated rings. The van der Waals surface area contributed by atoms with Gasteiger partial charge in [0.2, 0.25) is 11.9 Å². The fourth-order valence-electron chi connectivity index (χ4n) is 6.32. The molecule has 48 heavy (non-hydrogen) atoms. The minimum absolute atomic E-state index is 0.0241. The Morgan fingerprint density at radius 1 is 0.917 bits per heavy atom. The number of carbonyl (C=O) groups is 1. The van der Waals surface area contributed by atoms with E-state index < -0.39 is 18.8 Å². The molecule has 0 radical (unpaired) electrons. The van der Waals surface area contributed by atoms with Gasteiger partial charge in [-0.2, -0.15) is 28.1 Å². The molecular formula is C34H42F3N7O4. The number of rotatable bonds is 3. The maximum atomic E-state index is 13.8. The van der Waals surface area contributed by atoms with E-state index in [1.54, 1.807) is 18.2 Å². The van der Waals surface area contributed by atoms with Crippen molar-refractivity contribution in [3.63, 3.8) is 0 Å². The van der Waals surface area contributed by atoms with Gasteiger partial charge in [0.1, 0.15) is 11.5 Å². The molecule has 4 aliphatic heterocycles. The summed E-state index contributed by atoms with van der Waals surface area (Å²) in [5.41, 5.74) is 1.98. The van der Waals surface area contributed by atoms with E-state index in [-0.39, 0.29) is 23.2 Å². The number of likely N-dealkylation sites (tertiary alicyclic amines) is 1. The summed E-state index contributed by atoms with van der Waals surface area (Å²) in [6, 6.07) is 12.2. The zero-order valence-corrected chi connectivity index (χ0v) is 26.9. The first-order chi connectivity index (χ1) is 23.2. The van der Waals surface area contributed by atoms with Crippen molar-refractivity contribution in [1.82, 2.24) is 25.2 Å². The maximum Gasteiger partial charge on any atom is 0.422 e. The van der Waals surface area contributed by atoms with Crippen LogP contribution in [0.5, 0.6) is 17.5 Å². The van der Waals surface area contributed by atoms with Gasteiger partial charge < -0.3 is 35.1 Å². The van der Waals surface area contributed by atoms with Crippen molar-refractivity contribution in [2.45, 2.75) is 64.1 Å². The maximum absolute atomic E-state index is 13.8. The van der Waals surface area contributed by atoms with E-state index in [0.717, 1.165) is 75.8 Å². The molecule has 6 bridgehead atoms. The Morgan fingerprint density at radius 2 is 1.67 bits per heavy atom. The highest BCUT2D eigenvalue weighted by atomic mass is 19.4. The highest BCUT2D eigenvalue weighted by Gasteiger charge is 2.42. The third-order valence-electron chi connectivity index (χ3n) is 8.94. The summed E-state index contributed by atoms with van der Waals surface area (Å²) >= 11 is 0. The lowest BCUT2D eigenvalue weighted by Crippen LogP contribution is -2.33. The third-order valence-corrected chi connectivity index (χ3v) is 8.94. The molecule has 258 valence electrons. The third kappa shape index (κ3) is 9.18. The van der Waals surface area contributed by atoms with Gasteiger partial charge in [-0.15, -0.1) is 0 Å². The van der Waals surface area contributed by atoms with Gasteiger partial charge in [-0.1, -0.05) is 37.8 Å². The van der Waals surface area contributed by atoms with Gasteiger partial charge in [0, 0.05) is 43.3 Å². The largest absolute Gasteiger partial charge is 0.494 e. The van der Waals surface area contributed by atoms with Crippen LogP contribution in [0, 0.1) is 5.41 Å². The van der Waals surface area contributed by atoms with Crippen molar-refractivity contribution < 1.29 is 32.2 Å². The average Bonchev–Trinajstić information content (AvgIpc) is 3.72. The van der Waals surface area contributed by atoms with Crippen molar-refractivity contribution >= 4 is 23.5 Å². The van der Waals surface area contributed by atoms with Crippen LogP contribution in [0.25, 0.3) is 0 Å². The van der Waals surface area contributed by atoms with Crippen LogP contribution in [0.4, 0.5) is 30.8 Å². The van der Waals surface area contributed by atoms with Crippen LogP contribution in [0.1, 0.15) is 67.3 Å². The molecule has 3 N–H and O–H groups in total. The zero-order chi connectivity index (χ0) is 33.4. The van der Waals surface area contributed by atoms with Gasteiger partial charge in [-0.25, -0.2) is 0 Å². The van der Waals surface area contributed by atoms with Gasteiger partial charge in [0.25, 0.3) is 5.91 Å². The predicted molar refractivity (Wildman–Crippen MR) is 174 cm³/mol.